The Morgan fingerprint density at radius 2 is 2.50 bits per heavy atom. The number of aliphatic imine (C=N–C) groups is 1. The third-order valence-corrected chi connectivity index (χ3v) is 0.744. The van der Waals surface area contributed by atoms with Crippen LogP contribution in [0.2, 0.25) is 0 Å². The number of hydrogen-bond donors (Lipinski definition) is 2. The van der Waals surface area contributed by atoms with E-state index in [1.54, 1.807) is 7.05 Å². The van der Waals surface area contributed by atoms with Gasteiger partial charge in [-0.05, 0) is 0 Å². The molecule has 0 bridgehead atoms. The Morgan fingerprint density at radius 1 is 2.00 bits per heavy atom. The molecule has 6 heavy (non-hydrogen) atoms. The lowest BCUT2D eigenvalue weighted by Crippen LogP contribution is -2.22. The quantitative estimate of drug-likeness (QED) is 0.287. The van der Waals surface area contributed by atoms with E-state index in [0.29, 0.717) is 5.96 Å². The summed E-state index contributed by atoms with van der Waals surface area (Å²) >= 11 is 2.87. The van der Waals surface area contributed by atoms with Crippen LogP contribution in [0.3, 0.4) is 0 Å². The Kier molecular flexibility index (Phi) is 2.84. The number of nitrogens with zero attached hydrogens (tertiary/aromatic N) is 1. The summed E-state index contributed by atoms with van der Waals surface area (Å²) in [6, 6.07) is 0. The van der Waals surface area contributed by atoms with Gasteiger partial charge in [0.25, 0.3) is 0 Å². The fourth-order valence-electron chi connectivity index (χ4n) is 0.0423. The van der Waals surface area contributed by atoms with Gasteiger partial charge in [-0.2, -0.15) is 0 Å². The SMILES string of the molecule is CN=C(N)NBr. The molecule has 0 saturated heterocycles. The van der Waals surface area contributed by atoms with Crippen LogP contribution in [-0.4, -0.2) is 13.0 Å². The van der Waals surface area contributed by atoms with Crippen LogP contribution < -0.4 is 10.1 Å². The van der Waals surface area contributed by atoms with Crippen molar-refractivity contribution in [3.05, 3.63) is 0 Å². The number of nitrogens with one attached hydrogen (secondary N) is 1. The smallest absolute Gasteiger partial charge is 0.198 e. The van der Waals surface area contributed by atoms with Crippen LogP contribution in [0.25, 0.3) is 0 Å². The largest absolute Gasteiger partial charge is 0.369 e. The normalized spacial score (nSPS) is 11.3. The van der Waals surface area contributed by atoms with E-state index in [2.05, 4.69) is 25.5 Å². The van der Waals surface area contributed by atoms with Crippen molar-refractivity contribution in [3.8, 4) is 0 Å². The van der Waals surface area contributed by atoms with Gasteiger partial charge in [-0.25, -0.2) is 0 Å². The standard InChI is InChI=1S/C2H6BrN3/c1-5-2(4)6-3/h1H3,(H3,4,5,6). The van der Waals surface area contributed by atoms with Crippen LogP contribution in [0.15, 0.2) is 4.99 Å². The molecule has 0 rings (SSSR count). The van der Waals surface area contributed by atoms with E-state index in [1.165, 1.54) is 0 Å². The molecule has 0 aliphatic heterocycles. The van der Waals surface area contributed by atoms with Gasteiger partial charge in [0.15, 0.2) is 5.96 Å². The molecule has 3 nitrogen and oxygen atoms in total. The maximum atomic E-state index is 5.06. The van der Waals surface area contributed by atoms with Crippen molar-refractivity contribution < 1.29 is 0 Å². The third-order valence-electron chi connectivity index (χ3n) is 0.338. The summed E-state index contributed by atoms with van der Waals surface area (Å²) in [7, 11) is 1.60. The molecule has 0 radical (unpaired) electrons. The lowest BCUT2D eigenvalue weighted by Gasteiger charge is -1.87. The highest BCUT2D eigenvalue weighted by Crippen LogP contribution is 1.62. The topological polar surface area (TPSA) is 50.4 Å². The van der Waals surface area contributed by atoms with Gasteiger partial charge in [0.2, 0.25) is 0 Å². The first-order valence-electron chi connectivity index (χ1n) is 1.40. The van der Waals surface area contributed by atoms with E-state index in [-0.39, 0.29) is 0 Å². The fourth-order valence-corrected chi connectivity index (χ4v) is 0.220. The summed E-state index contributed by atoms with van der Waals surface area (Å²) in [6.45, 7) is 0. The van der Waals surface area contributed by atoms with E-state index in [4.69, 9.17) is 5.73 Å². The molecular weight excluding hydrogens is 146 g/mol. The molecule has 0 aliphatic carbocycles. The molecule has 0 fully saturated rings. The first-order chi connectivity index (χ1) is 2.81. The van der Waals surface area contributed by atoms with Gasteiger partial charge >= 0.3 is 0 Å². The van der Waals surface area contributed by atoms with Crippen LogP contribution in [-0.2, 0) is 0 Å². The number of hydrogen-bond acceptors (Lipinski definition) is 1. The van der Waals surface area contributed by atoms with Crippen LogP contribution >= 0.6 is 16.1 Å². The summed E-state index contributed by atoms with van der Waals surface area (Å²) < 4.78 is 2.45. The van der Waals surface area contributed by atoms with Crippen LogP contribution in [0.1, 0.15) is 0 Å². The zero-order valence-electron chi connectivity index (χ0n) is 3.40. The third kappa shape index (κ3) is 2.02. The van der Waals surface area contributed by atoms with Crippen LogP contribution in [0.4, 0.5) is 0 Å². The van der Waals surface area contributed by atoms with E-state index >= 15 is 0 Å². The van der Waals surface area contributed by atoms with Gasteiger partial charge in [0.1, 0.15) is 0 Å². The predicted octanol–water partition coefficient (Wildman–Crippen LogP) is -0.170. The van der Waals surface area contributed by atoms with E-state index < -0.39 is 0 Å². The van der Waals surface area contributed by atoms with Crippen molar-refractivity contribution in [2.75, 3.05) is 7.05 Å². The predicted molar refractivity (Wildman–Crippen MR) is 29.6 cm³/mol. The van der Waals surface area contributed by atoms with Gasteiger partial charge in [-0.1, -0.05) is 0 Å². The molecule has 0 aromatic carbocycles. The van der Waals surface area contributed by atoms with E-state index in [0.717, 1.165) is 0 Å². The van der Waals surface area contributed by atoms with E-state index in [9.17, 15) is 0 Å². The number of guanidine groups is 1. The summed E-state index contributed by atoms with van der Waals surface area (Å²) in [6.07, 6.45) is 0. The molecular formula is C2H6BrN3. The van der Waals surface area contributed by atoms with E-state index in [1.807, 2.05) is 0 Å². The van der Waals surface area contributed by atoms with Gasteiger partial charge in [0, 0.05) is 23.2 Å². The molecule has 0 amide bonds. The molecule has 0 spiro atoms. The zero-order chi connectivity index (χ0) is 4.99. The molecule has 0 unspecified atom stereocenters. The number of nitrogens with two attached hydrogens (primary N) is 1. The summed E-state index contributed by atoms with van der Waals surface area (Å²) in [4.78, 5) is 3.54. The van der Waals surface area contributed by atoms with Crippen molar-refractivity contribution in [1.29, 1.82) is 0 Å². The molecule has 0 heterocycles. The van der Waals surface area contributed by atoms with Crippen LogP contribution in [0.5, 0.6) is 0 Å². The average Bonchev–Trinajstić information content (AvgIpc) is 1.65. The average molecular weight is 152 g/mol. The summed E-state index contributed by atoms with van der Waals surface area (Å²) in [5.74, 6) is 0.384. The number of rotatable bonds is 0. The first kappa shape index (κ1) is 5.75. The van der Waals surface area contributed by atoms with Crippen molar-refractivity contribution in [1.82, 2.24) is 4.34 Å². The minimum absolute atomic E-state index is 0.384. The Bertz CT molecular complexity index is 59.8. The van der Waals surface area contributed by atoms with Gasteiger partial charge < -0.3 is 5.73 Å². The fraction of sp³-hybridized carbons (Fsp3) is 0.500. The second-order valence-electron chi connectivity index (χ2n) is 0.703. The van der Waals surface area contributed by atoms with Gasteiger partial charge in [-0.3, -0.25) is 9.34 Å². The highest BCUT2D eigenvalue weighted by molar-refractivity contribution is 9.08. The Labute approximate surface area is 45.0 Å². The van der Waals surface area contributed by atoms with Crippen LogP contribution in [0, 0.1) is 0 Å². The van der Waals surface area contributed by atoms with Crippen molar-refractivity contribution in [2.45, 2.75) is 0 Å². The summed E-state index contributed by atoms with van der Waals surface area (Å²) in [5.41, 5.74) is 5.06. The second-order valence-corrected chi connectivity index (χ2v) is 1.10. The number of halogens is 1. The highest BCUT2D eigenvalue weighted by Gasteiger charge is 1.73. The lowest BCUT2D eigenvalue weighted by molar-refractivity contribution is 1.32. The van der Waals surface area contributed by atoms with Crippen molar-refractivity contribution in [2.24, 2.45) is 10.7 Å². The molecule has 0 aromatic rings. The second kappa shape index (κ2) is 2.96. The van der Waals surface area contributed by atoms with Gasteiger partial charge in [0.05, 0.1) is 0 Å². The molecule has 0 saturated carbocycles. The zero-order valence-corrected chi connectivity index (χ0v) is 4.99. The minimum Gasteiger partial charge on any atom is -0.369 e. The van der Waals surface area contributed by atoms with Gasteiger partial charge in [-0.15, -0.1) is 0 Å². The molecule has 0 aromatic heterocycles. The molecule has 36 valence electrons. The Hall–Kier alpha value is -0.250. The first-order valence-corrected chi connectivity index (χ1v) is 2.19. The Morgan fingerprint density at radius 3 is 2.50 bits per heavy atom. The lowest BCUT2D eigenvalue weighted by atomic mass is 11.1. The highest BCUT2D eigenvalue weighted by atomic mass is 79.9. The molecule has 0 atom stereocenters. The van der Waals surface area contributed by atoms with Crippen molar-refractivity contribution in [3.63, 3.8) is 0 Å². The molecule has 4 heteroatoms. The maximum absolute atomic E-state index is 5.06. The molecule has 0 aliphatic rings. The van der Waals surface area contributed by atoms with Crippen molar-refractivity contribution >= 4 is 22.1 Å². The summed E-state index contributed by atoms with van der Waals surface area (Å²) in [5, 5.41) is 0. The molecule has 3 N–H and O–H groups in total. The Balaban J connectivity index is 3.22. The minimum atomic E-state index is 0.384. The maximum Gasteiger partial charge on any atom is 0.198 e. The monoisotopic (exact) mass is 151 g/mol.